The van der Waals surface area contributed by atoms with E-state index < -0.39 is 17.9 Å². The van der Waals surface area contributed by atoms with Gasteiger partial charge < -0.3 is 16.0 Å². The molecule has 0 bridgehead atoms. The smallest absolute Gasteiger partial charge is 0.268 e. The molecule has 1 aromatic rings. The molecule has 1 unspecified atom stereocenters. The Kier molecular flexibility index (Phi) is 2.82. The van der Waals surface area contributed by atoms with Gasteiger partial charge in [0.2, 0.25) is 11.8 Å². The molecule has 1 atom stereocenters. The quantitative estimate of drug-likeness (QED) is 0.499. The van der Waals surface area contributed by atoms with Gasteiger partial charge in [0.1, 0.15) is 11.7 Å². The Bertz CT molecular complexity index is 480. The third-order valence-corrected chi connectivity index (χ3v) is 2.49. The van der Waals surface area contributed by atoms with E-state index in [1.54, 1.807) is 0 Å². The lowest BCUT2D eigenvalue weighted by molar-refractivity contribution is -0.134. The fourth-order valence-corrected chi connectivity index (χ4v) is 1.61. The van der Waals surface area contributed by atoms with E-state index in [2.05, 4.69) is 15.6 Å². The molecule has 90 valence electrons. The molecule has 3 amide bonds. The number of nitrogens with one attached hydrogen (secondary N) is 3. The third-order valence-electron chi connectivity index (χ3n) is 2.49. The van der Waals surface area contributed by atoms with E-state index in [4.69, 9.17) is 5.73 Å². The predicted molar refractivity (Wildman–Crippen MR) is 58.8 cm³/mol. The number of imide groups is 1. The zero-order valence-corrected chi connectivity index (χ0v) is 8.95. The fourth-order valence-electron chi connectivity index (χ4n) is 1.61. The van der Waals surface area contributed by atoms with E-state index in [-0.39, 0.29) is 18.0 Å². The molecular formula is C10H12N4O3. The minimum Gasteiger partial charge on any atom is -0.397 e. The van der Waals surface area contributed by atoms with Crippen LogP contribution in [0.5, 0.6) is 0 Å². The molecule has 1 saturated heterocycles. The highest BCUT2D eigenvalue weighted by Crippen LogP contribution is 2.08. The standard InChI is InChI=1S/C10H12N4O3/c11-5-3-7(12-4-5)10(17)13-6-1-2-8(15)14-9(6)16/h3-4,6,12H,1-2,11H2,(H,13,17)(H,14,15,16). The van der Waals surface area contributed by atoms with Crippen molar-refractivity contribution in [3.63, 3.8) is 0 Å². The monoisotopic (exact) mass is 236 g/mol. The van der Waals surface area contributed by atoms with E-state index in [9.17, 15) is 14.4 Å². The summed E-state index contributed by atoms with van der Waals surface area (Å²) in [7, 11) is 0. The summed E-state index contributed by atoms with van der Waals surface area (Å²) in [4.78, 5) is 36.7. The summed E-state index contributed by atoms with van der Waals surface area (Å²) in [5, 5.41) is 4.69. The Morgan fingerprint density at radius 3 is 2.82 bits per heavy atom. The van der Waals surface area contributed by atoms with Gasteiger partial charge in [-0.05, 0) is 12.5 Å². The number of nitrogen functional groups attached to an aromatic ring is 1. The van der Waals surface area contributed by atoms with Crippen LogP contribution in [0.25, 0.3) is 0 Å². The van der Waals surface area contributed by atoms with Crippen molar-refractivity contribution < 1.29 is 14.4 Å². The maximum atomic E-state index is 11.7. The molecule has 1 fully saturated rings. The Labute approximate surface area is 96.7 Å². The average Bonchev–Trinajstić information content (AvgIpc) is 2.69. The first-order valence-electron chi connectivity index (χ1n) is 5.14. The van der Waals surface area contributed by atoms with Gasteiger partial charge in [-0.3, -0.25) is 19.7 Å². The largest absolute Gasteiger partial charge is 0.397 e. The van der Waals surface area contributed by atoms with E-state index in [1.807, 2.05) is 0 Å². The van der Waals surface area contributed by atoms with Crippen molar-refractivity contribution in [3.05, 3.63) is 18.0 Å². The molecule has 1 aliphatic rings. The fraction of sp³-hybridized carbons (Fsp3) is 0.300. The Morgan fingerprint density at radius 2 is 2.24 bits per heavy atom. The van der Waals surface area contributed by atoms with Gasteiger partial charge >= 0.3 is 0 Å². The van der Waals surface area contributed by atoms with Crippen LogP contribution < -0.4 is 16.4 Å². The maximum Gasteiger partial charge on any atom is 0.268 e. The van der Waals surface area contributed by atoms with Crippen molar-refractivity contribution in [1.82, 2.24) is 15.6 Å². The van der Waals surface area contributed by atoms with Crippen molar-refractivity contribution in [2.45, 2.75) is 18.9 Å². The predicted octanol–water partition coefficient (Wildman–Crippen LogP) is -0.868. The number of hydrogen-bond acceptors (Lipinski definition) is 4. The lowest BCUT2D eigenvalue weighted by atomic mass is 10.1. The summed E-state index contributed by atoms with van der Waals surface area (Å²) in [6.45, 7) is 0. The van der Waals surface area contributed by atoms with E-state index >= 15 is 0 Å². The second kappa shape index (κ2) is 4.28. The minimum absolute atomic E-state index is 0.226. The molecule has 0 radical (unpaired) electrons. The molecule has 5 N–H and O–H groups in total. The van der Waals surface area contributed by atoms with Crippen molar-refractivity contribution in [3.8, 4) is 0 Å². The van der Waals surface area contributed by atoms with Gasteiger partial charge in [-0.1, -0.05) is 0 Å². The molecule has 2 heterocycles. The second-order valence-electron chi connectivity index (χ2n) is 3.82. The lowest BCUT2D eigenvalue weighted by Crippen LogP contribution is -2.52. The minimum atomic E-state index is -0.676. The van der Waals surface area contributed by atoms with Crippen LogP contribution in [0.2, 0.25) is 0 Å². The van der Waals surface area contributed by atoms with Gasteiger partial charge in [0.05, 0.1) is 0 Å². The molecule has 7 heteroatoms. The molecule has 1 aromatic heterocycles. The van der Waals surface area contributed by atoms with Crippen LogP contribution in [0.1, 0.15) is 23.3 Å². The average molecular weight is 236 g/mol. The molecule has 0 aromatic carbocycles. The number of hydrogen-bond donors (Lipinski definition) is 4. The van der Waals surface area contributed by atoms with Gasteiger partial charge in [-0.2, -0.15) is 0 Å². The van der Waals surface area contributed by atoms with Crippen LogP contribution in [0, 0.1) is 0 Å². The molecule has 1 aliphatic heterocycles. The van der Waals surface area contributed by atoms with Crippen molar-refractivity contribution in [2.75, 3.05) is 5.73 Å². The number of anilines is 1. The summed E-state index contributed by atoms with van der Waals surface area (Å²) in [5.41, 5.74) is 6.19. The van der Waals surface area contributed by atoms with E-state index in [1.165, 1.54) is 12.3 Å². The Morgan fingerprint density at radius 1 is 1.47 bits per heavy atom. The third kappa shape index (κ3) is 2.44. The molecule has 17 heavy (non-hydrogen) atoms. The molecule has 2 rings (SSSR count). The van der Waals surface area contributed by atoms with Gasteiger partial charge in [0.15, 0.2) is 0 Å². The molecule has 0 saturated carbocycles. The topological polar surface area (TPSA) is 117 Å². The number of aromatic nitrogens is 1. The van der Waals surface area contributed by atoms with Crippen LogP contribution in [-0.2, 0) is 9.59 Å². The van der Waals surface area contributed by atoms with Crippen molar-refractivity contribution in [1.29, 1.82) is 0 Å². The zero-order chi connectivity index (χ0) is 12.4. The number of H-pyrrole nitrogens is 1. The van der Waals surface area contributed by atoms with Gasteiger partial charge in [0.25, 0.3) is 5.91 Å². The summed E-state index contributed by atoms with van der Waals surface area (Å²) in [5.74, 6) is -1.21. The molecular weight excluding hydrogens is 224 g/mol. The number of rotatable bonds is 2. The Balaban J connectivity index is 1.99. The highest BCUT2D eigenvalue weighted by molar-refractivity contribution is 6.03. The first kappa shape index (κ1) is 11.2. The highest BCUT2D eigenvalue weighted by Gasteiger charge is 2.28. The van der Waals surface area contributed by atoms with Crippen LogP contribution in [0.15, 0.2) is 12.3 Å². The number of amides is 3. The van der Waals surface area contributed by atoms with Gasteiger partial charge in [-0.15, -0.1) is 0 Å². The summed E-state index contributed by atoms with van der Waals surface area (Å²) in [6, 6.07) is 0.797. The van der Waals surface area contributed by atoms with Crippen LogP contribution in [-0.4, -0.2) is 28.7 Å². The number of piperidine rings is 1. The van der Waals surface area contributed by atoms with E-state index in [0.717, 1.165) is 0 Å². The van der Waals surface area contributed by atoms with Gasteiger partial charge in [-0.25, -0.2) is 0 Å². The first-order chi connectivity index (χ1) is 8.06. The van der Waals surface area contributed by atoms with E-state index in [0.29, 0.717) is 12.1 Å². The molecule has 7 nitrogen and oxygen atoms in total. The molecule has 0 spiro atoms. The Hall–Kier alpha value is -2.31. The lowest BCUT2D eigenvalue weighted by Gasteiger charge is -2.21. The second-order valence-corrected chi connectivity index (χ2v) is 3.82. The van der Waals surface area contributed by atoms with Crippen molar-refractivity contribution >= 4 is 23.4 Å². The number of aromatic amines is 1. The number of carbonyl (C=O) groups excluding carboxylic acids is 3. The summed E-state index contributed by atoms with van der Waals surface area (Å²) < 4.78 is 0. The van der Waals surface area contributed by atoms with Gasteiger partial charge in [0, 0.05) is 18.3 Å². The number of carbonyl (C=O) groups is 3. The highest BCUT2D eigenvalue weighted by atomic mass is 16.2. The first-order valence-corrected chi connectivity index (χ1v) is 5.14. The SMILES string of the molecule is Nc1c[nH]c(C(=O)NC2CCC(=O)NC2=O)c1. The van der Waals surface area contributed by atoms with Crippen LogP contribution in [0.4, 0.5) is 5.69 Å². The zero-order valence-electron chi connectivity index (χ0n) is 8.95. The van der Waals surface area contributed by atoms with Crippen LogP contribution >= 0.6 is 0 Å². The van der Waals surface area contributed by atoms with Crippen LogP contribution in [0.3, 0.4) is 0 Å². The number of nitrogens with two attached hydrogens (primary N) is 1. The normalized spacial score (nSPS) is 19.9. The summed E-state index contributed by atoms with van der Waals surface area (Å²) in [6.07, 6.45) is 2.02. The molecule has 0 aliphatic carbocycles. The van der Waals surface area contributed by atoms with Crippen molar-refractivity contribution in [2.24, 2.45) is 0 Å². The maximum absolute atomic E-state index is 11.7. The summed E-state index contributed by atoms with van der Waals surface area (Å²) >= 11 is 0.